The Morgan fingerprint density at radius 2 is 2.00 bits per heavy atom. The van der Waals surface area contributed by atoms with E-state index < -0.39 is 0 Å². The van der Waals surface area contributed by atoms with Gasteiger partial charge in [0, 0.05) is 12.6 Å². The molecule has 1 saturated carbocycles. The van der Waals surface area contributed by atoms with Crippen LogP contribution in [0.2, 0.25) is 0 Å². The van der Waals surface area contributed by atoms with E-state index in [4.69, 9.17) is 0 Å². The van der Waals surface area contributed by atoms with E-state index in [1.165, 1.54) is 25.3 Å². The number of rotatable bonds is 6. The Labute approximate surface area is 126 Å². The molecule has 1 aromatic carbocycles. The summed E-state index contributed by atoms with van der Waals surface area (Å²) in [5, 5.41) is 6.27. The molecule has 4 heteroatoms. The lowest BCUT2D eigenvalue weighted by molar-refractivity contribution is -0.123. The lowest BCUT2D eigenvalue weighted by atomic mass is 9.95. The third kappa shape index (κ3) is 5.12. The van der Waals surface area contributed by atoms with Crippen molar-refractivity contribution in [1.82, 2.24) is 10.6 Å². The zero-order valence-electron chi connectivity index (χ0n) is 12.7. The predicted molar refractivity (Wildman–Crippen MR) is 82.6 cm³/mol. The summed E-state index contributed by atoms with van der Waals surface area (Å²) < 4.78 is 13.5. The summed E-state index contributed by atoms with van der Waals surface area (Å²) in [6.07, 6.45) is 6.47. The first kappa shape index (κ1) is 16.0. The highest BCUT2D eigenvalue weighted by Gasteiger charge is 2.19. The van der Waals surface area contributed by atoms with Gasteiger partial charge in [-0.3, -0.25) is 4.79 Å². The van der Waals surface area contributed by atoms with Crippen molar-refractivity contribution in [2.45, 2.75) is 57.5 Å². The molecule has 1 aromatic rings. The van der Waals surface area contributed by atoms with Crippen LogP contribution in [-0.4, -0.2) is 24.5 Å². The fourth-order valence-electron chi connectivity index (χ4n) is 2.79. The van der Waals surface area contributed by atoms with Gasteiger partial charge in [0.15, 0.2) is 0 Å². The summed E-state index contributed by atoms with van der Waals surface area (Å²) in [7, 11) is 0. The van der Waals surface area contributed by atoms with Gasteiger partial charge in [-0.1, -0.05) is 37.5 Å². The Morgan fingerprint density at radius 1 is 1.29 bits per heavy atom. The standard InChI is InChI=1S/C17H25FN2O/c1-13(17(21)20-15-8-3-2-4-9-15)19-12-11-14-7-5-6-10-16(14)18/h5-7,10,13,15,19H,2-4,8-9,11-12H2,1H3,(H,20,21). The third-order valence-corrected chi connectivity index (χ3v) is 4.15. The first-order chi connectivity index (χ1) is 10.2. The Bertz CT molecular complexity index is 458. The molecule has 21 heavy (non-hydrogen) atoms. The fourth-order valence-corrected chi connectivity index (χ4v) is 2.79. The number of hydrogen-bond acceptors (Lipinski definition) is 2. The minimum absolute atomic E-state index is 0.0513. The normalized spacial score (nSPS) is 17.4. The van der Waals surface area contributed by atoms with E-state index in [0.717, 1.165) is 12.8 Å². The maximum Gasteiger partial charge on any atom is 0.237 e. The van der Waals surface area contributed by atoms with Crippen LogP contribution in [0.4, 0.5) is 4.39 Å². The summed E-state index contributed by atoms with van der Waals surface area (Å²) in [6, 6.07) is 6.86. The molecule has 0 aliphatic heterocycles. The number of nitrogens with one attached hydrogen (secondary N) is 2. The SMILES string of the molecule is CC(NCCc1ccccc1F)C(=O)NC1CCCCC1. The van der Waals surface area contributed by atoms with Gasteiger partial charge in [0.1, 0.15) is 5.82 Å². The number of halogens is 1. The second-order valence-electron chi connectivity index (χ2n) is 5.86. The van der Waals surface area contributed by atoms with Crippen molar-refractivity contribution in [3.05, 3.63) is 35.6 Å². The van der Waals surface area contributed by atoms with Crippen molar-refractivity contribution in [2.75, 3.05) is 6.54 Å². The van der Waals surface area contributed by atoms with E-state index >= 15 is 0 Å². The van der Waals surface area contributed by atoms with Crippen LogP contribution >= 0.6 is 0 Å². The highest BCUT2D eigenvalue weighted by molar-refractivity contribution is 5.81. The molecular weight excluding hydrogens is 267 g/mol. The first-order valence-electron chi connectivity index (χ1n) is 7.94. The third-order valence-electron chi connectivity index (χ3n) is 4.15. The Morgan fingerprint density at radius 3 is 2.71 bits per heavy atom. The van der Waals surface area contributed by atoms with Crippen molar-refractivity contribution < 1.29 is 9.18 Å². The van der Waals surface area contributed by atoms with E-state index in [1.807, 2.05) is 13.0 Å². The summed E-state index contributed by atoms with van der Waals surface area (Å²) >= 11 is 0. The highest BCUT2D eigenvalue weighted by Crippen LogP contribution is 2.17. The molecule has 0 radical (unpaired) electrons. The second-order valence-corrected chi connectivity index (χ2v) is 5.86. The van der Waals surface area contributed by atoms with Gasteiger partial charge in [0.25, 0.3) is 0 Å². The van der Waals surface area contributed by atoms with E-state index in [-0.39, 0.29) is 17.8 Å². The molecule has 3 nitrogen and oxygen atoms in total. The van der Waals surface area contributed by atoms with Gasteiger partial charge >= 0.3 is 0 Å². The van der Waals surface area contributed by atoms with Crippen LogP contribution in [0.1, 0.15) is 44.6 Å². The Balaban J connectivity index is 1.70. The van der Waals surface area contributed by atoms with Crippen LogP contribution in [0.5, 0.6) is 0 Å². The van der Waals surface area contributed by atoms with Crippen molar-refractivity contribution in [3.63, 3.8) is 0 Å². The van der Waals surface area contributed by atoms with Gasteiger partial charge in [0.2, 0.25) is 5.91 Å². The van der Waals surface area contributed by atoms with Crippen LogP contribution in [0.25, 0.3) is 0 Å². The molecule has 0 spiro atoms. The maximum absolute atomic E-state index is 13.5. The van der Waals surface area contributed by atoms with Gasteiger partial charge in [0.05, 0.1) is 6.04 Å². The molecule has 1 aliphatic carbocycles. The van der Waals surface area contributed by atoms with E-state index in [9.17, 15) is 9.18 Å². The summed E-state index contributed by atoms with van der Waals surface area (Å²) in [6.45, 7) is 2.46. The largest absolute Gasteiger partial charge is 0.352 e. The molecule has 1 atom stereocenters. The average Bonchev–Trinajstić information content (AvgIpc) is 2.50. The highest BCUT2D eigenvalue weighted by atomic mass is 19.1. The van der Waals surface area contributed by atoms with Crippen molar-refractivity contribution in [2.24, 2.45) is 0 Å². The minimum atomic E-state index is -0.237. The molecule has 1 fully saturated rings. The number of carbonyl (C=O) groups excluding carboxylic acids is 1. The van der Waals surface area contributed by atoms with Crippen LogP contribution in [0, 0.1) is 5.82 Å². The predicted octanol–water partition coefficient (Wildman–Crippen LogP) is 2.80. The van der Waals surface area contributed by atoms with Crippen molar-refractivity contribution in [3.8, 4) is 0 Å². The van der Waals surface area contributed by atoms with Gasteiger partial charge in [-0.05, 0) is 37.8 Å². The van der Waals surface area contributed by atoms with Gasteiger partial charge in [-0.15, -0.1) is 0 Å². The molecule has 2 rings (SSSR count). The van der Waals surface area contributed by atoms with Crippen LogP contribution < -0.4 is 10.6 Å². The maximum atomic E-state index is 13.5. The molecule has 2 N–H and O–H groups in total. The van der Waals surface area contributed by atoms with E-state index in [1.54, 1.807) is 12.1 Å². The second kappa shape index (κ2) is 8.13. The quantitative estimate of drug-likeness (QED) is 0.846. The Kier molecular flexibility index (Phi) is 6.18. The van der Waals surface area contributed by atoms with Crippen molar-refractivity contribution >= 4 is 5.91 Å². The molecule has 0 saturated heterocycles. The van der Waals surface area contributed by atoms with Crippen LogP contribution in [0.15, 0.2) is 24.3 Å². The van der Waals surface area contributed by atoms with Crippen molar-refractivity contribution in [1.29, 1.82) is 0 Å². The molecule has 0 heterocycles. The summed E-state index contributed by atoms with van der Waals surface area (Å²) in [5.74, 6) is -0.131. The Hall–Kier alpha value is -1.42. The average molecular weight is 292 g/mol. The number of benzene rings is 1. The molecule has 1 amide bonds. The van der Waals surface area contributed by atoms with Crippen LogP contribution in [-0.2, 0) is 11.2 Å². The zero-order valence-corrected chi connectivity index (χ0v) is 12.7. The van der Waals surface area contributed by atoms with E-state index in [2.05, 4.69) is 10.6 Å². The molecule has 1 unspecified atom stereocenters. The smallest absolute Gasteiger partial charge is 0.237 e. The summed E-state index contributed by atoms with van der Waals surface area (Å²) in [4.78, 5) is 12.1. The molecule has 0 bridgehead atoms. The number of carbonyl (C=O) groups is 1. The molecule has 116 valence electrons. The fraction of sp³-hybridized carbons (Fsp3) is 0.588. The zero-order chi connectivity index (χ0) is 15.1. The molecular formula is C17H25FN2O. The number of amides is 1. The van der Waals surface area contributed by atoms with E-state index in [0.29, 0.717) is 24.6 Å². The van der Waals surface area contributed by atoms with Gasteiger partial charge < -0.3 is 10.6 Å². The summed E-state index contributed by atoms with van der Waals surface area (Å²) in [5.41, 5.74) is 0.685. The first-order valence-corrected chi connectivity index (χ1v) is 7.94. The minimum Gasteiger partial charge on any atom is -0.352 e. The number of hydrogen-bond donors (Lipinski definition) is 2. The topological polar surface area (TPSA) is 41.1 Å². The molecule has 0 aromatic heterocycles. The molecule has 1 aliphatic rings. The lowest BCUT2D eigenvalue weighted by Gasteiger charge is -2.24. The van der Waals surface area contributed by atoms with Gasteiger partial charge in [-0.2, -0.15) is 0 Å². The van der Waals surface area contributed by atoms with Gasteiger partial charge in [-0.25, -0.2) is 4.39 Å². The lowest BCUT2D eigenvalue weighted by Crippen LogP contribution is -2.47. The monoisotopic (exact) mass is 292 g/mol. The van der Waals surface area contributed by atoms with Crippen LogP contribution in [0.3, 0.4) is 0 Å².